The second kappa shape index (κ2) is 9.83. The lowest BCUT2D eigenvalue weighted by atomic mass is 9.99. The molecule has 0 amide bonds. The molecule has 2 saturated heterocycles. The second-order valence-corrected chi connectivity index (χ2v) is 8.53. The van der Waals surface area contributed by atoms with Gasteiger partial charge in [-0.2, -0.15) is 0 Å². The summed E-state index contributed by atoms with van der Waals surface area (Å²) in [7, 11) is 1.83. The Morgan fingerprint density at radius 3 is 2.50 bits per heavy atom. The Morgan fingerprint density at radius 1 is 1.03 bits per heavy atom. The summed E-state index contributed by atoms with van der Waals surface area (Å²) in [5, 5.41) is 7.01. The lowest BCUT2D eigenvalue weighted by Gasteiger charge is -2.31. The Balaban J connectivity index is 1.25. The first-order valence-electron chi connectivity index (χ1n) is 11.2. The van der Waals surface area contributed by atoms with E-state index in [1.54, 1.807) is 0 Å². The van der Waals surface area contributed by atoms with Crippen LogP contribution in [0.3, 0.4) is 0 Å². The minimum atomic E-state index is 0.401. The first kappa shape index (κ1) is 20.5. The monoisotopic (exact) mass is 406 g/mol. The second-order valence-electron chi connectivity index (χ2n) is 8.53. The van der Waals surface area contributed by atoms with Crippen LogP contribution in [0.2, 0.25) is 0 Å². The number of para-hydroxylation sites is 1. The molecule has 2 N–H and O–H groups in total. The molecule has 2 fully saturated rings. The van der Waals surface area contributed by atoms with Crippen molar-refractivity contribution >= 4 is 17.5 Å². The average Bonchev–Trinajstić information content (AvgIpc) is 3.27. The van der Waals surface area contributed by atoms with Crippen LogP contribution in [0.1, 0.15) is 31.7 Å². The van der Waals surface area contributed by atoms with Gasteiger partial charge in [0.15, 0.2) is 5.96 Å². The fourth-order valence-electron chi connectivity index (χ4n) is 4.27. The maximum Gasteiger partial charge on any atom is 0.191 e. The molecular weight excluding hydrogens is 372 g/mol. The van der Waals surface area contributed by atoms with Crippen molar-refractivity contribution in [2.24, 2.45) is 10.9 Å². The van der Waals surface area contributed by atoms with Gasteiger partial charge in [0.1, 0.15) is 5.82 Å². The highest BCUT2D eigenvalue weighted by Gasteiger charge is 2.23. The fraction of sp³-hybridized carbons (Fsp3) is 0.500. The molecule has 6 heteroatoms. The summed E-state index contributed by atoms with van der Waals surface area (Å²) < 4.78 is 0. The molecular formula is C24H34N6. The van der Waals surface area contributed by atoms with Gasteiger partial charge in [0.25, 0.3) is 0 Å². The van der Waals surface area contributed by atoms with Gasteiger partial charge >= 0.3 is 0 Å². The predicted octanol–water partition coefficient (Wildman–Crippen LogP) is 3.26. The molecule has 6 nitrogen and oxygen atoms in total. The minimum absolute atomic E-state index is 0.401. The van der Waals surface area contributed by atoms with Gasteiger partial charge in [0.05, 0.1) is 0 Å². The summed E-state index contributed by atoms with van der Waals surface area (Å²) in [6.07, 6.45) is 5.62. The van der Waals surface area contributed by atoms with Crippen molar-refractivity contribution in [3.63, 3.8) is 0 Å². The fourth-order valence-corrected chi connectivity index (χ4v) is 4.27. The minimum Gasteiger partial charge on any atom is -0.369 e. The van der Waals surface area contributed by atoms with Crippen LogP contribution < -0.4 is 20.4 Å². The zero-order valence-corrected chi connectivity index (χ0v) is 18.2. The molecule has 2 aliphatic heterocycles. The van der Waals surface area contributed by atoms with Crippen LogP contribution in [-0.4, -0.2) is 50.2 Å². The van der Waals surface area contributed by atoms with E-state index in [-0.39, 0.29) is 0 Å². The maximum atomic E-state index is 4.70. The Labute approximate surface area is 180 Å². The van der Waals surface area contributed by atoms with Crippen LogP contribution in [0.15, 0.2) is 53.7 Å². The van der Waals surface area contributed by atoms with Crippen LogP contribution in [-0.2, 0) is 6.54 Å². The summed E-state index contributed by atoms with van der Waals surface area (Å²) in [5.74, 6) is 2.78. The van der Waals surface area contributed by atoms with Crippen LogP contribution in [0.5, 0.6) is 0 Å². The Kier molecular flexibility index (Phi) is 6.72. The van der Waals surface area contributed by atoms with E-state index in [2.05, 4.69) is 74.8 Å². The molecule has 2 aromatic rings. The molecule has 1 aromatic carbocycles. The van der Waals surface area contributed by atoms with Gasteiger partial charge in [0, 0.05) is 57.7 Å². The number of pyridine rings is 1. The molecule has 0 saturated carbocycles. The topological polar surface area (TPSA) is 55.8 Å². The lowest BCUT2D eigenvalue weighted by Crippen LogP contribution is -2.44. The molecule has 0 radical (unpaired) electrons. The number of rotatable bonds is 5. The number of nitrogens with zero attached hydrogens (tertiary/aromatic N) is 4. The van der Waals surface area contributed by atoms with Gasteiger partial charge in [-0.1, -0.05) is 31.2 Å². The highest BCUT2D eigenvalue weighted by molar-refractivity contribution is 5.80. The lowest BCUT2D eigenvalue weighted by molar-refractivity contribution is 0.436. The molecule has 160 valence electrons. The van der Waals surface area contributed by atoms with Crippen molar-refractivity contribution in [1.82, 2.24) is 15.6 Å². The molecule has 4 rings (SSSR count). The van der Waals surface area contributed by atoms with Crippen molar-refractivity contribution in [2.75, 3.05) is 43.0 Å². The van der Waals surface area contributed by atoms with Gasteiger partial charge in [-0.05, 0) is 48.9 Å². The van der Waals surface area contributed by atoms with Gasteiger partial charge < -0.3 is 20.4 Å². The van der Waals surface area contributed by atoms with E-state index in [4.69, 9.17) is 4.98 Å². The number of aliphatic imine (C=N–C) groups is 1. The van der Waals surface area contributed by atoms with Gasteiger partial charge in [0.2, 0.25) is 0 Å². The van der Waals surface area contributed by atoms with Crippen LogP contribution in [0.4, 0.5) is 11.5 Å². The largest absolute Gasteiger partial charge is 0.369 e. The SMILES string of the molecule is CN=C(NCc1ccc(N2CCC(C)CC2)nc1)NC1CCN(c2ccccc2)C1. The third-order valence-electron chi connectivity index (χ3n) is 6.25. The van der Waals surface area contributed by atoms with Crippen LogP contribution in [0.25, 0.3) is 0 Å². The molecule has 1 atom stereocenters. The molecule has 0 aliphatic carbocycles. The molecule has 1 unspecified atom stereocenters. The highest BCUT2D eigenvalue weighted by atomic mass is 15.2. The number of hydrogen-bond donors (Lipinski definition) is 2. The van der Waals surface area contributed by atoms with E-state index < -0.39 is 0 Å². The third kappa shape index (κ3) is 5.23. The van der Waals surface area contributed by atoms with Gasteiger partial charge in [-0.3, -0.25) is 4.99 Å². The summed E-state index contributed by atoms with van der Waals surface area (Å²) in [5.41, 5.74) is 2.46. The number of piperidine rings is 1. The summed E-state index contributed by atoms with van der Waals surface area (Å²) in [6.45, 7) is 7.35. The summed E-state index contributed by atoms with van der Waals surface area (Å²) in [4.78, 5) is 13.9. The number of aromatic nitrogens is 1. The zero-order valence-electron chi connectivity index (χ0n) is 18.2. The predicted molar refractivity (Wildman–Crippen MR) is 125 cm³/mol. The molecule has 1 aromatic heterocycles. The first-order chi connectivity index (χ1) is 14.7. The molecule has 30 heavy (non-hydrogen) atoms. The number of nitrogens with one attached hydrogen (secondary N) is 2. The Morgan fingerprint density at radius 2 is 1.80 bits per heavy atom. The quantitative estimate of drug-likeness (QED) is 0.590. The van der Waals surface area contributed by atoms with E-state index in [1.165, 1.54) is 24.1 Å². The molecule has 3 heterocycles. The van der Waals surface area contributed by atoms with E-state index in [0.717, 1.165) is 56.8 Å². The van der Waals surface area contributed by atoms with Crippen molar-refractivity contribution in [2.45, 2.75) is 38.8 Å². The summed E-state index contributed by atoms with van der Waals surface area (Å²) >= 11 is 0. The Hall–Kier alpha value is -2.76. The van der Waals surface area contributed by atoms with Crippen LogP contribution >= 0.6 is 0 Å². The van der Waals surface area contributed by atoms with Crippen molar-refractivity contribution in [3.8, 4) is 0 Å². The maximum absolute atomic E-state index is 4.70. The van der Waals surface area contributed by atoms with Crippen LogP contribution in [0, 0.1) is 5.92 Å². The number of anilines is 2. The average molecular weight is 407 g/mol. The normalized spacial score (nSPS) is 20.5. The first-order valence-corrected chi connectivity index (χ1v) is 11.2. The molecule has 0 spiro atoms. The van der Waals surface area contributed by atoms with Gasteiger partial charge in [-0.25, -0.2) is 4.98 Å². The van der Waals surface area contributed by atoms with E-state index in [1.807, 2.05) is 13.2 Å². The smallest absolute Gasteiger partial charge is 0.191 e. The number of hydrogen-bond acceptors (Lipinski definition) is 4. The molecule has 2 aliphatic rings. The molecule has 0 bridgehead atoms. The van der Waals surface area contributed by atoms with Gasteiger partial charge in [-0.15, -0.1) is 0 Å². The summed E-state index contributed by atoms with van der Waals surface area (Å²) in [6, 6.07) is 15.3. The van der Waals surface area contributed by atoms with E-state index in [0.29, 0.717) is 6.04 Å². The number of benzene rings is 1. The highest BCUT2D eigenvalue weighted by Crippen LogP contribution is 2.21. The van der Waals surface area contributed by atoms with E-state index in [9.17, 15) is 0 Å². The third-order valence-corrected chi connectivity index (χ3v) is 6.25. The number of guanidine groups is 1. The van der Waals surface area contributed by atoms with Crippen molar-refractivity contribution in [3.05, 3.63) is 54.2 Å². The zero-order chi connectivity index (χ0) is 20.8. The Bertz CT molecular complexity index is 811. The van der Waals surface area contributed by atoms with E-state index >= 15 is 0 Å². The standard InChI is InChI=1S/C24H34N6/c1-19-10-13-29(14-11-19)23-9-8-20(16-26-23)17-27-24(25-2)28-21-12-15-30(18-21)22-6-4-3-5-7-22/h3-9,16,19,21H,10-15,17-18H2,1-2H3,(H2,25,27,28). The van der Waals surface area contributed by atoms with Crippen molar-refractivity contribution < 1.29 is 0 Å². The van der Waals surface area contributed by atoms with Crippen molar-refractivity contribution in [1.29, 1.82) is 0 Å².